The van der Waals surface area contributed by atoms with E-state index in [9.17, 15) is 4.79 Å². The van der Waals surface area contributed by atoms with Crippen LogP contribution in [-0.4, -0.2) is 15.7 Å². The summed E-state index contributed by atoms with van der Waals surface area (Å²) >= 11 is 0. The molecule has 98 valence electrons. The van der Waals surface area contributed by atoms with Crippen LogP contribution in [0.15, 0.2) is 40.2 Å². The summed E-state index contributed by atoms with van der Waals surface area (Å²) in [5.41, 5.74) is 11.2. The van der Waals surface area contributed by atoms with Gasteiger partial charge < -0.3 is 5.73 Å². The molecule has 1 heterocycles. The number of anilines is 2. The number of aromatic nitrogens is 2. The van der Waals surface area contributed by atoms with Gasteiger partial charge in [0.05, 0.1) is 5.71 Å². The molecule has 0 unspecified atom stereocenters. The number of nitrogens with one attached hydrogen (secondary N) is 2. The Morgan fingerprint density at radius 2 is 2.21 bits per heavy atom. The lowest BCUT2D eigenvalue weighted by atomic mass is 10.1. The fraction of sp³-hybridized carbons (Fsp3) is 0.154. The molecule has 0 spiro atoms. The number of rotatable bonds is 3. The predicted molar refractivity (Wildman–Crippen MR) is 76.3 cm³/mol. The highest BCUT2D eigenvalue weighted by molar-refractivity contribution is 5.99. The average molecular weight is 257 g/mol. The zero-order chi connectivity index (χ0) is 13.8. The summed E-state index contributed by atoms with van der Waals surface area (Å²) < 4.78 is 0. The van der Waals surface area contributed by atoms with Crippen LogP contribution in [0.4, 0.5) is 11.6 Å². The number of hydrogen-bond acceptors (Lipinski definition) is 5. The van der Waals surface area contributed by atoms with E-state index >= 15 is 0 Å². The molecular formula is C13H15N5O. The molecule has 0 aliphatic carbocycles. The summed E-state index contributed by atoms with van der Waals surface area (Å²) in [6, 6.07) is 8.82. The molecule has 0 saturated carbocycles. The number of H-pyrrole nitrogens is 1. The molecule has 0 radical (unpaired) electrons. The van der Waals surface area contributed by atoms with Crippen LogP contribution in [0.1, 0.15) is 18.2 Å². The highest BCUT2D eigenvalue weighted by atomic mass is 16.1. The number of hydrogen-bond donors (Lipinski definition) is 3. The van der Waals surface area contributed by atoms with Crippen molar-refractivity contribution in [1.82, 2.24) is 9.97 Å². The molecule has 1 aromatic carbocycles. The van der Waals surface area contributed by atoms with Crippen LogP contribution >= 0.6 is 0 Å². The maximum absolute atomic E-state index is 11.3. The summed E-state index contributed by atoms with van der Waals surface area (Å²) in [4.78, 5) is 17.9. The summed E-state index contributed by atoms with van der Waals surface area (Å²) in [6.07, 6.45) is 0. The Morgan fingerprint density at radius 1 is 1.42 bits per heavy atom. The van der Waals surface area contributed by atoms with Gasteiger partial charge in [-0.25, -0.2) is 10.4 Å². The summed E-state index contributed by atoms with van der Waals surface area (Å²) in [7, 11) is 0. The SMILES string of the molecule is C/C(=N/Nc1nc(C)cc(=O)[nH]1)c1cccc(N)c1. The lowest BCUT2D eigenvalue weighted by molar-refractivity contribution is 1.04. The summed E-state index contributed by atoms with van der Waals surface area (Å²) in [5.74, 6) is 0.313. The first-order valence-corrected chi connectivity index (χ1v) is 5.79. The lowest BCUT2D eigenvalue weighted by Crippen LogP contribution is -2.11. The van der Waals surface area contributed by atoms with Gasteiger partial charge in [0.2, 0.25) is 5.95 Å². The molecule has 1 aromatic heterocycles. The molecule has 0 fully saturated rings. The van der Waals surface area contributed by atoms with Crippen molar-refractivity contribution in [2.45, 2.75) is 13.8 Å². The summed E-state index contributed by atoms with van der Waals surface area (Å²) in [6.45, 7) is 3.59. The zero-order valence-electron chi connectivity index (χ0n) is 10.8. The van der Waals surface area contributed by atoms with Crippen molar-refractivity contribution in [2.75, 3.05) is 11.2 Å². The van der Waals surface area contributed by atoms with Crippen LogP contribution in [0.5, 0.6) is 0 Å². The Bertz CT molecular complexity index is 675. The fourth-order valence-corrected chi connectivity index (χ4v) is 1.60. The molecule has 0 bridgehead atoms. The second-order valence-electron chi connectivity index (χ2n) is 4.17. The Balaban J connectivity index is 2.20. The van der Waals surface area contributed by atoms with Gasteiger partial charge in [0, 0.05) is 17.4 Å². The van der Waals surface area contributed by atoms with Gasteiger partial charge in [-0.3, -0.25) is 9.78 Å². The van der Waals surface area contributed by atoms with Gasteiger partial charge in [0.1, 0.15) is 0 Å². The van der Waals surface area contributed by atoms with Gasteiger partial charge in [0.25, 0.3) is 5.56 Å². The Kier molecular flexibility index (Phi) is 3.61. The van der Waals surface area contributed by atoms with Gasteiger partial charge in [-0.2, -0.15) is 5.10 Å². The molecular weight excluding hydrogens is 242 g/mol. The fourth-order valence-electron chi connectivity index (χ4n) is 1.60. The number of hydrazone groups is 1. The smallest absolute Gasteiger partial charge is 0.252 e. The lowest BCUT2D eigenvalue weighted by Gasteiger charge is -2.04. The Labute approximate surface area is 110 Å². The molecule has 2 rings (SSSR count). The average Bonchev–Trinajstić information content (AvgIpc) is 2.35. The van der Waals surface area contributed by atoms with E-state index < -0.39 is 0 Å². The van der Waals surface area contributed by atoms with Gasteiger partial charge in [-0.05, 0) is 31.5 Å². The van der Waals surface area contributed by atoms with E-state index in [-0.39, 0.29) is 5.56 Å². The molecule has 2 aromatic rings. The number of nitrogen functional groups attached to an aromatic ring is 1. The van der Waals surface area contributed by atoms with Gasteiger partial charge in [-0.15, -0.1) is 0 Å². The number of nitrogens with two attached hydrogens (primary N) is 1. The number of nitrogens with zero attached hydrogens (tertiary/aromatic N) is 2. The molecule has 4 N–H and O–H groups in total. The van der Waals surface area contributed by atoms with E-state index in [1.807, 2.05) is 31.2 Å². The third-order valence-corrected chi connectivity index (χ3v) is 2.50. The quantitative estimate of drug-likeness (QED) is 0.441. The number of benzene rings is 1. The minimum absolute atomic E-state index is 0.216. The third kappa shape index (κ3) is 3.41. The van der Waals surface area contributed by atoms with Crippen molar-refractivity contribution in [2.24, 2.45) is 5.10 Å². The van der Waals surface area contributed by atoms with E-state index in [1.165, 1.54) is 6.07 Å². The molecule has 0 aliphatic rings. The van der Waals surface area contributed by atoms with Gasteiger partial charge in [-0.1, -0.05) is 12.1 Å². The summed E-state index contributed by atoms with van der Waals surface area (Å²) in [5, 5.41) is 4.17. The third-order valence-electron chi connectivity index (χ3n) is 2.50. The van der Waals surface area contributed by atoms with Crippen LogP contribution in [-0.2, 0) is 0 Å². The second-order valence-corrected chi connectivity index (χ2v) is 4.17. The van der Waals surface area contributed by atoms with E-state index in [0.29, 0.717) is 17.3 Å². The molecule has 6 nitrogen and oxygen atoms in total. The van der Waals surface area contributed by atoms with Crippen LogP contribution in [0.3, 0.4) is 0 Å². The zero-order valence-corrected chi connectivity index (χ0v) is 10.8. The van der Waals surface area contributed by atoms with Gasteiger partial charge in [0.15, 0.2) is 0 Å². The Morgan fingerprint density at radius 3 is 2.89 bits per heavy atom. The maximum atomic E-state index is 11.3. The van der Waals surface area contributed by atoms with Crippen molar-refractivity contribution >= 4 is 17.3 Å². The van der Waals surface area contributed by atoms with Crippen molar-refractivity contribution in [3.8, 4) is 0 Å². The standard InChI is InChI=1S/C13H15N5O/c1-8-6-12(19)16-13(15-8)18-17-9(2)10-4-3-5-11(14)7-10/h3-7H,14H2,1-2H3,(H2,15,16,18,19)/b17-9-. The number of aryl methyl sites for hydroxylation is 1. The molecule has 0 atom stereocenters. The van der Waals surface area contributed by atoms with E-state index in [0.717, 1.165) is 11.3 Å². The predicted octanol–water partition coefficient (Wildman–Crippen LogP) is 1.50. The van der Waals surface area contributed by atoms with Crippen molar-refractivity contribution in [3.63, 3.8) is 0 Å². The first kappa shape index (κ1) is 12.8. The first-order chi connectivity index (χ1) is 9.04. The van der Waals surface area contributed by atoms with Crippen molar-refractivity contribution in [1.29, 1.82) is 0 Å². The normalized spacial score (nSPS) is 11.4. The van der Waals surface area contributed by atoms with Crippen LogP contribution < -0.4 is 16.7 Å². The molecule has 6 heteroatoms. The topological polar surface area (TPSA) is 96.2 Å². The maximum Gasteiger partial charge on any atom is 0.252 e. The van der Waals surface area contributed by atoms with Crippen molar-refractivity contribution in [3.05, 3.63) is 51.9 Å². The van der Waals surface area contributed by atoms with Gasteiger partial charge >= 0.3 is 0 Å². The van der Waals surface area contributed by atoms with Crippen LogP contribution in [0.25, 0.3) is 0 Å². The number of aromatic amines is 1. The largest absolute Gasteiger partial charge is 0.399 e. The van der Waals surface area contributed by atoms with Crippen LogP contribution in [0.2, 0.25) is 0 Å². The monoisotopic (exact) mass is 257 g/mol. The minimum Gasteiger partial charge on any atom is -0.399 e. The minimum atomic E-state index is -0.216. The molecule has 0 amide bonds. The van der Waals surface area contributed by atoms with E-state index in [2.05, 4.69) is 20.5 Å². The molecule has 19 heavy (non-hydrogen) atoms. The second kappa shape index (κ2) is 5.34. The van der Waals surface area contributed by atoms with E-state index in [1.54, 1.807) is 6.92 Å². The molecule has 0 aliphatic heterocycles. The highest BCUT2D eigenvalue weighted by Gasteiger charge is 1.99. The first-order valence-electron chi connectivity index (χ1n) is 5.79. The highest BCUT2D eigenvalue weighted by Crippen LogP contribution is 2.08. The van der Waals surface area contributed by atoms with E-state index in [4.69, 9.17) is 5.73 Å². The van der Waals surface area contributed by atoms with Crippen molar-refractivity contribution < 1.29 is 0 Å². The van der Waals surface area contributed by atoms with Crippen LogP contribution in [0, 0.1) is 6.92 Å². The molecule has 0 saturated heterocycles. The Hall–Kier alpha value is -2.63.